The fourth-order valence-corrected chi connectivity index (χ4v) is 3.39. The number of ether oxygens (including phenoxy) is 1. The number of fused-ring (bicyclic) bond motifs is 1. The lowest BCUT2D eigenvalue weighted by atomic mass is 9.90. The van der Waals surface area contributed by atoms with Gasteiger partial charge in [0, 0.05) is 6.04 Å². The fourth-order valence-electron chi connectivity index (χ4n) is 3.39. The molecule has 0 amide bonds. The summed E-state index contributed by atoms with van der Waals surface area (Å²) >= 11 is 0. The van der Waals surface area contributed by atoms with E-state index in [1.165, 1.54) is 26.4 Å². The van der Waals surface area contributed by atoms with Gasteiger partial charge in [-0.15, -0.1) is 0 Å². The number of halogens is 1. The fraction of sp³-hybridized carbons (Fsp3) is 0.600. The minimum absolute atomic E-state index is 0.172. The molecule has 18 heavy (non-hydrogen) atoms. The minimum Gasteiger partial charge on any atom is -0.494 e. The van der Waals surface area contributed by atoms with Crippen molar-refractivity contribution >= 4 is 0 Å². The quantitative estimate of drug-likeness (QED) is 0.890. The molecule has 98 valence electrons. The molecule has 0 heterocycles. The maximum Gasteiger partial charge on any atom is 0.165 e. The third-order valence-corrected chi connectivity index (χ3v) is 4.57. The smallest absolute Gasteiger partial charge is 0.165 e. The summed E-state index contributed by atoms with van der Waals surface area (Å²) in [7, 11) is 1.48. The lowest BCUT2D eigenvalue weighted by Gasteiger charge is -2.20. The van der Waals surface area contributed by atoms with Crippen molar-refractivity contribution in [3.63, 3.8) is 0 Å². The summed E-state index contributed by atoms with van der Waals surface area (Å²) in [5.41, 5.74) is 7.23. The normalized spacial score (nSPS) is 30.9. The summed E-state index contributed by atoms with van der Waals surface area (Å²) in [4.78, 5) is 0. The van der Waals surface area contributed by atoms with Crippen molar-refractivity contribution in [3.05, 3.63) is 29.6 Å². The largest absolute Gasteiger partial charge is 0.494 e. The zero-order valence-corrected chi connectivity index (χ0v) is 10.7. The highest BCUT2D eigenvalue weighted by atomic mass is 19.1. The van der Waals surface area contributed by atoms with E-state index in [9.17, 15) is 4.39 Å². The molecule has 0 spiro atoms. The maximum atomic E-state index is 13.6. The Labute approximate surface area is 107 Å². The number of hydrogen-bond donors (Lipinski definition) is 1. The maximum absolute atomic E-state index is 13.6. The SMILES string of the molecule is COc1ccc(CC(N)C2CC3CC3C2)cc1F. The third kappa shape index (κ3) is 2.24. The molecular formula is C15H20FNO. The monoisotopic (exact) mass is 249 g/mol. The van der Waals surface area contributed by atoms with E-state index in [0.717, 1.165) is 23.8 Å². The summed E-state index contributed by atoms with van der Waals surface area (Å²) < 4.78 is 18.5. The van der Waals surface area contributed by atoms with E-state index in [1.54, 1.807) is 12.1 Å². The van der Waals surface area contributed by atoms with Gasteiger partial charge in [-0.1, -0.05) is 6.07 Å². The van der Waals surface area contributed by atoms with Crippen LogP contribution in [0.4, 0.5) is 4.39 Å². The minimum atomic E-state index is -0.295. The summed E-state index contributed by atoms with van der Waals surface area (Å²) in [5.74, 6) is 2.55. The molecule has 2 saturated carbocycles. The molecule has 2 fully saturated rings. The van der Waals surface area contributed by atoms with E-state index in [4.69, 9.17) is 10.5 Å². The molecule has 3 unspecified atom stereocenters. The first-order valence-electron chi connectivity index (χ1n) is 6.75. The van der Waals surface area contributed by atoms with Gasteiger partial charge < -0.3 is 10.5 Å². The summed E-state index contributed by atoms with van der Waals surface area (Å²) in [5, 5.41) is 0. The van der Waals surface area contributed by atoms with Crippen molar-refractivity contribution in [2.45, 2.75) is 31.7 Å². The van der Waals surface area contributed by atoms with Gasteiger partial charge >= 0.3 is 0 Å². The first kappa shape index (κ1) is 12.0. The number of rotatable bonds is 4. The average molecular weight is 249 g/mol. The molecule has 2 nitrogen and oxygen atoms in total. The molecule has 1 aromatic carbocycles. The average Bonchev–Trinajstić information content (AvgIpc) is 2.96. The molecule has 2 N–H and O–H groups in total. The Bertz CT molecular complexity index is 438. The second-order valence-corrected chi connectivity index (χ2v) is 5.82. The molecule has 3 heteroatoms. The lowest BCUT2D eigenvalue weighted by Crippen LogP contribution is -2.31. The van der Waals surface area contributed by atoms with Gasteiger partial charge in [-0.25, -0.2) is 4.39 Å². The molecule has 3 atom stereocenters. The Kier molecular flexibility index (Phi) is 3.02. The molecular weight excluding hydrogens is 229 g/mol. The molecule has 2 aliphatic carbocycles. The van der Waals surface area contributed by atoms with Crippen LogP contribution in [0.1, 0.15) is 24.8 Å². The van der Waals surface area contributed by atoms with Gasteiger partial charge in [0.2, 0.25) is 0 Å². The van der Waals surface area contributed by atoms with Gasteiger partial charge in [0.25, 0.3) is 0 Å². The van der Waals surface area contributed by atoms with Gasteiger partial charge in [0.05, 0.1) is 7.11 Å². The molecule has 1 aromatic rings. The molecule has 0 bridgehead atoms. The standard InChI is InChI=1S/C15H20FNO/c1-18-15-3-2-9(4-13(15)16)5-14(17)12-7-10-6-11(10)8-12/h2-4,10-12,14H,5-8,17H2,1H3. The topological polar surface area (TPSA) is 35.2 Å². The van der Waals surface area contributed by atoms with Crippen LogP contribution >= 0.6 is 0 Å². The predicted octanol–water partition coefficient (Wildman–Crippen LogP) is 2.75. The number of benzene rings is 1. The van der Waals surface area contributed by atoms with Crippen molar-refractivity contribution in [3.8, 4) is 5.75 Å². The van der Waals surface area contributed by atoms with E-state index in [1.807, 2.05) is 6.07 Å². The van der Waals surface area contributed by atoms with Crippen molar-refractivity contribution in [2.24, 2.45) is 23.5 Å². The summed E-state index contributed by atoms with van der Waals surface area (Å²) in [6.45, 7) is 0. The number of hydrogen-bond acceptors (Lipinski definition) is 2. The van der Waals surface area contributed by atoms with E-state index in [-0.39, 0.29) is 11.9 Å². The summed E-state index contributed by atoms with van der Waals surface area (Å²) in [6.07, 6.45) is 4.75. The van der Waals surface area contributed by atoms with Crippen molar-refractivity contribution in [1.29, 1.82) is 0 Å². The van der Waals surface area contributed by atoms with Gasteiger partial charge in [0.15, 0.2) is 11.6 Å². The Morgan fingerprint density at radius 2 is 2.06 bits per heavy atom. The van der Waals surface area contributed by atoms with Gasteiger partial charge in [-0.2, -0.15) is 0 Å². The highest BCUT2D eigenvalue weighted by molar-refractivity contribution is 5.29. The van der Waals surface area contributed by atoms with Crippen molar-refractivity contribution in [2.75, 3.05) is 7.11 Å². The Hall–Kier alpha value is -1.09. The Morgan fingerprint density at radius 1 is 1.33 bits per heavy atom. The van der Waals surface area contributed by atoms with E-state index >= 15 is 0 Å². The van der Waals surface area contributed by atoms with E-state index in [2.05, 4.69) is 0 Å². The van der Waals surface area contributed by atoms with Crippen LogP contribution in [-0.4, -0.2) is 13.2 Å². The van der Waals surface area contributed by atoms with Crippen LogP contribution in [0.15, 0.2) is 18.2 Å². The molecule has 2 aliphatic rings. The molecule has 0 radical (unpaired) electrons. The van der Waals surface area contributed by atoms with Crippen molar-refractivity contribution < 1.29 is 9.13 Å². The van der Waals surface area contributed by atoms with Crippen LogP contribution < -0.4 is 10.5 Å². The highest BCUT2D eigenvalue weighted by Crippen LogP contribution is 2.55. The van der Waals surface area contributed by atoms with Gasteiger partial charge in [-0.05, 0) is 61.1 Å². The van der Waals surface area contributed by atoms with Crippen LogP contribution in [0, 0.1) is 23.6 Å². The molecule has 3 rings (SSSR count). The Balaban J connectivity index is 1.63. The van der Waals surface area contributed by atoms with Gasteiger partial charge in [0.1, 0.15) is 0 Å². The molecule has 0 aliphatic heterocycles. The van der Waals surface area contributed by atoms with Gasteiger partial charge in [-0.3, -0.25) is 0 Å². The molecule has 0 saturated heterocycles. The second kappa shape index (κ2) is 4.54. The van der Waals surface area contributed by atoms with E-state index in [0.29, 0.717) is 11.7 Å². The zero-order valence-electron chi connectivity index (χ0n) is 10.7. The first-order valence-corrected chi connectivity index (χ1v) is 6.75. The highest BCUT2D eigenvalue weighted by Gasteiger charge is 2.47. The lowest BCUT2D eigenvalue weighted by molar-refractivity contribution is 0.382. The third-order valence-electron chi connectivity index (χ3n) is 4.57. The molecule has 0 aromatic heterocycles. The number of nitrogens with two attached hydrogens (primary N) is 1. The first-order chi connectivity index (χ1) is 8.67. The number of methoxy groups -OCH3 is 1. The van der Waals surface area contributed by atoms with Crippen LogP contribution in [-0.2, 0) is 6.42 Å². The predicted molar refractivity (Wildman–Crippen MR) is 69.0 cm³/mol. The Morgan fingerprint density at radius 3 is 2.67 bits per heavy atom. The summed E-state index contributed by atoms with van der Waals surface area (Å²) in [6, 6.07) is 5.32. The van der Waals surface area contributed by atoms with Crippen LogP contribution in [0.5, 0.6) is 5.75 Å². The van der Waals surface area contributed by atoms with Crippen molar-refractivity contribution in [1.82, 2.24) is 0 Å². The van der Waals surface area contributed by atoms with Crippen LogP contribution in [0.2, 0.25) is 0 Å². The van der Waals surface area contributed by atoms with E-state index < -0.39 is 0 Å². The second-order valence-electron chi connectivity index (χ2n) is 5.82. The van der Waals surface area contributed by atoms with Crippen LogP contribution in [0.3, 0.4) is 0 Å². The van der Waals surface area contributed by atoms with Crippen LogP contribution in [0.25, 0.3) is 0 Å². The zero-order chi connectivity index (χ0) is 12.7.